The molecule has 0 saturated carbocycles. The minimum Gasteiger partial charge on any atom is -0.266 e. The first kappa shape index (κ1) is 21.3. The van der Waals surface area contributed by atoms with Crippen LogP contribution < -0.4 is 4.90 Å². The van der Waals surface area contributed by atoms with Crippen molar-refractivity contribution in [2.45, 2.75) is 33.1 Å². The second-order valence-electron chi connectivity index (χ2n) is 7.77. The molecule has 4 heteroatoms. The summed E-state index contributed by atoms with van der Waals surface area (Å²) >= 11 is 3.60. The Balaban J connectivity index is 1.76. The van der Waals surface area contributed by atoms with Crippen LogP contribution in [0.5, 0.6) is 0 Å². The number of hydrogen-bond donors (Lipinski definition) is 0. The summed E-state index contributed by atoms with van der Waals surface area (Å²) in [4.78, 5) is 19.9. The normalized spacial score (nSPS) is 14.9. The Morgan fingerprint density at radius 1 is 0.968 bits per heavy atom. The maximum absolute atomic E-state index is 13.4. The predicted octanol–water partition coefficient (Wildman–Crippen LogP) is 6.93. The minimum atomic E-state index is -0.127. The van der Waals surface area contributed by atoms with E-state index in [1.807, 2.05) is 61.5 Å². The first-order valence-electron chi connectivity index (χ1n) is 10.6. The van der Waals surface area contributed by atoms with Crippen LogP contribution in [-0.2, 0) is 11.2 Å². The molecule has 1 aliphatic rings. The predicted molar refractivity (Wildman–Crippen MR) is 132 cm³/mol. The average molecular weight is 473 g/mol. The fourth-order valence-corrected chi connectivity index (χ4v) is 4.05. The zero-order chi connectivity index (χ0) is 21.8. The van der Waals surface area contributed by atoms with Crippen LogP contribution in [0.4, 0.5) is 5.69 Å². The van der Waals surface area contributed by atoms with E-state index in [0.717, 1.165) is 27.7 Å². The van der Waals surface area contributed by atoms with Crippen LogP contribution >= 0.6 is 15.9 Å². The van der Waals surface area contributed by atoms with Crippen LogP contribution in [0.2, 0.25) is 0 Å². The zero-order valence-corrected chi connectivity index (χ0v) is 19.4. The topological polar surface area (TPSA) is 32.7 Å². The highest BCUT2D eigenvalue weighted by molar-refractivity contribution is 9.10. The van der Waals surface area contributed by atoms with Crippen molar-refractivity contribution < 1.29 is 4.79 Å². The van der Waals surface area contributed by atoms with Crippen molar-refractivity contribution in [3.8, 4) is 0 Å². The fraction of sp³-hybridized carbons (Fsp3) is 0.185. The molecule has 0 spiro atoms. The number of aliphatic imine (C=N–C) groups is 1. The van der Waals surface area contributed by atoms with Crippen molar-refractivity contribution >= 4 is 39.4 Å². The number of aryl methyl sites for hydroxylation is 2. The van der Waals surface area contributed by atoms with Gasteiger partial charge in [-0.2, -0.15) is 0 Å². The molecule has 0 atom stereocenters. The highest BCUT2D eigenvalue weighted by Gasteiger charge is 2.33. The third-order valence-corrected chi connectivity index (χ3v) is 6.04. The summed E-state index contributed by atoms with van der Waals surface area (Å²) in [6.45, 7) is 4.25. The van der Waals surface area contributed by atoms with Crippen LogP contribution in [0.3, 0.4) is 0 Å². The van der Waals surface area contributed by atoms with E-state index in [1.54, 1.807) is 4.90 Å². The van der Waals surface area contributed by atoms with Gasteiger partial charge in [0.05, 0.1) is 5.69 Å². The average Bonchev–Trinajstić information content (AvgIpc) is 3.10. The van der Waals surface area contributed by atoms with Crippen LogP contribution in [0, 0.1) is 6.92 Å². The van der Waals surface area contributed by atoms with Gasteiger partial charge in [0, 0.05) is 10.0 Å². The smallest absolute Gasteiger partial charge is 0.266 e. The second kappa shape index (κ2) is 9.44. The van der Waals surface area contributed by atoms with Crippen LogP contribution in [0.1, 0.15) is 42.0 Å². The molecule has 4 rings (SSSR count). The number of amidine groups is 1. The zero-order valence-electron chi connectivity index (χ0n) is 17.8. The first-order valence-corrected chi connectivity index (χ1v) is 11.4. The number of amides is 1. The molecule has 1 amide bonds. The number of carbonyl (C=O) groups excluding carboxylic acids is 1. The number of hydrogen-bond acceptors (Lipinski definition) is 2. The Morgan fingerprint density at radius 3 is 2.35 bits per heavy atom. The summed E-state index contributed by atoms with van der Waals surface area (Å²) in [5.41, 5.74) is 5.59. The molecule has 3 nitrogen and oxygen atoms in total. The highest BCUT2D eigenvalue weighted by Crippen LogP contribution is 2.33. The van der Waals surface area contributed by atoms with Gasteiger partial charge in [-0.1, -0.05) is 79.6 Å². The number of unbranched alkanes of at least 4 members (excludes halogenated alkanes) is 1. The molecular weight excluding hydrogens is 448 g/mol. The lowest BCUT2D eigenvalue weighted by Crippen LogP contribution is -2.32. The summed E-state index contributed by atoms with van der Waals surface area (Å²) in [5.74, 6) is 0.523. The maximum Gasteiger partial charge on any atom is 0.282 e. The molecule has 0 radical (unpaired) electrons. The van der Waals surface area contributed by atoms with Crippen molar-refractivity contribution in [1.82, 2.24) is 0 Å². The molecule has 156 valence electrons. The van der Waals surface area contributed by atoms with E-state index in [4.69, 9.17) is 4.99 Å². The Labute approximate surface area is 192 Å². The number of nitrogens with zero attached hydrogens (tertiary/aromatic N) is 2. The number of benzene rings is 3. The summed E-state index contributed by atoms with van der Waals surface area (Å²) < 4.78 is 0.854. The van der Waals surface area contributed by atoms with E-state index >= 15 is 0 Å². The lowest BCUT2D eigenvalue weighted by molar-refractivity contribution is -0.113. The van der Waals surface area contributed by atoms with Crippen molar-refractivity contribution in [1.29, 1.82) is 0 Å². The Kier molecular flexibility index (Phi) is 6.47. The van der Waals surface area contributed by atoms with Crippen molar-refractivity contribution in [2.75, 3.05) is 4.90 Å². The van der Waals surface area contributed by atoms with Crippen LogP contribution in [0.15, 0.2) is 88.0 Å². The molecule has 0 aliphatic carbocycles. The molecular formula is C27H25BrN2O. The van der Waals surface area contributed by atoms with Gasteiger partial charge in [-0.05, 0) is 65.0 Å². The number of anilines is 1. The lowest BCUT2D eigenvalue weighted by Gasteiger charge is -2.20. The van der Waals surface area contributed by atoms with E-state index in [-0.39, 0.29) is 5.91 Å². The monoisotopic (exact) mass is 472 g/mol. The third kappa shape index (κ3) is 4.70. The van der Waals surface area contributed by atoms with Gasteiger partial charge >= 0.3 is 0 Å². The Hall–Kier alpha value is -2.98. The quantitative estimate of drug-likeness (QED) is 0.357. The van der Waals surface area contributed by atoms with Gasteiger partial charge in [-0.15, -0.1) is 0 Å². The number of rotatable bonds is 6. The minimum absolute atomic E-state index is 0.127. The Morgan fingerprint density at radius 2 is 1.68 bits per heavy atom. The van der Waals surface area contributed by atoms with E-state index in [1.165, 1.54) is 24.0 Å². The van der Waals surface area contributed by atoms with Crippen LogP contribution in [0.25, 0.3) is 6.08 Å². The fourth-order valence-electron chi connectivity index (χ4n) is 3.59. The van der Waals surface area contributed by atoms with Gasteiger partial charge in [-0.25, -0.2) is 4.99 Å². The number of carbonyl (C=O) groups is 1. The van der Waals surface area contributed by atoms with Gasteiger partial charge in [0.25, 0.3) is 5.91 Å². The lowest BCUT2D eigenvalue weighted by atomic mass is 10.1. The van der Waals surface area contributed by atoms with E-state index < -0.39 is 0 Å². The van der Waals surface area contributed by atoms with Gasteiger partial charge in [0.2, 0.25) is 0 Å². The second-order valence-corrected chi connectivity index (χ2v) is 8.62. The van der Waals surface area contributed by atoms with Gasteiger partial charge in [0.1, 0.15) is 11.5 Å². The van der Waals surface area contributed by atoms with Crippen LogP contribution in [-0.4, -0.2) is 11.7 Å². The molecule has 0 aromatic heterocycles. The van der Waals surface area contributed by atoms with Crippen molar-refractivity contribution in [2.24, 2.45) is 4.99 Å². The number of para-hydroxylation sites is 1. The molecule has 1 heterocycles. The standard InChI is InChI=1S/C27H25BrN2O/c1-3-4-7-20-14-16-22(17-15-20)26-29-24(18-21-12-10-19(2)11-13-21)27(31)30(26)25-9-6-5-8-23(25)28/h5-6,8-18H,3-4,7H2,1-2H3. The molecule has 0 unspecified atom stereocenters. The van der Waals surface area contributed by atoms with Crippen molar-refractivity contribution in [3.63, 3.8) is 0 Å². The molecule has 0 fully saturated rings. The van der Waals surface area contributed by atoms with E-state index in [9.17, 15) is 4.79 Å². The number of halogens is 1. The summed E-state index contributed by atoms with van der Waals surface area (Å²) in [7, 11) is 0. The SMILES string of the molecule is CCCCc1ccc(C2=NC(=Cc3ccc(C)cc3)C(=O)N2c2ccccc2Br)cc1. The maximum atomic E-state index is 13.4. The Bertz CT molecular complexity index is 1140. The van der Waals surface area contributed by atoms with Crippen molar-refractivity contribution in [3.05, 3.63) is 105 Å². The molecule has 0 bridgehead atoms. The molecule has 1 aliphatic heterocycles. The highest BCUT2D eigenvalue weighted by atomic mass is 79.9. The summed E-state index contributed by atoms with van der Waals surface area (Å²) in [6, 6.07) is 24.2. The van der Waals surface area contributed by atoms with Gasteiger partial charge < -0.3 is 0 Å². The first-order chi connectivity index (χ1) is 15.1. The van der Waals surface area contributed by atoms with E-state index in [0.29, 0.717) is 11.5 Å². The largest absolute Gasteiger partial charge is 0.282 e. The molecule has 0 N–H and O–H groups in total. The third-order valence-electron chi connectivity index (χ3n) is 5.37. The summed E-state index contributed by atoms with van der Waals surface area (Å²) in [5, 5.41) is 0. The molecule has 31 heavy (non-hydrogen) atoms. The van der Waals surface area contributed by atoms with Gasteiger partial charge in [-0.3, -0.25) is 9.69 Å². The molecule has 0 saturated heterocycles. The molecule has 3 aromatic rings. The molecule has 3 aromatic carbocycles. The van der Waals surface area contributed by atoms with E-state index in [2.05, 4.69) is 47.1 Å². The summed E-state index contributed by atoms with van der Waals surface area (Å²) in [6.07, 6.45) is 5.26. The van der Waals surface area contributed by atoms with Gasteiger partial charge in [0.15, 0.2) is 0 Å².